The fourth-order valence-electron chi connectivity index (χ4n) is 3.91. The number of carbonyl (C=O) groups is 2. The van der Waals surface area contributed by atoms with Crippen molar-refractivity contribution in [2.45, 2.75) is 25.4 Å². The number of para-hydroxylation sites is 1. The van der Waals surface area contributed by atoms with Gasteiger partial charge in [-0.1, -0.05) is 60.7 Å². The lowest BCUT2D eigenvalue weighted by atomic mass is 10.0. The van der Waals surface area contributed by atoms with Crippen LogP contribution < -0.4 is 5.32 Å². The average Bonchev–Trinajstić information content (AvgIpc) is 3.24. The number of hydrogen-bond acceptors (Lipinski definition) is 3. The largest absolute Gasteiger partial charge is 0.324 e. The van der Waals surface area contributed by atoms with Gasteiger partial charge < -0.3 is 5.32 Å². The minimum absolute atomic E-state index is 0.138. The lowest BCUT2D eigenvalue weighted by molar-refractivity contribution is -0.120. The van der Waals surface area contributed by atoms with Crippen LogP contribution in [0.4, 0.5) is 10.1 Å². The van der Waals surface area contributed by atoms with Gasteiger partial charge in [0.25, 0.3) is 0 Å². The molecule has 1 N–H and O–H groups in total. The SMILES string of the molecule is O=C(c1ccccc1)c1ccccc1NC(=O)[C@H]1CCCN1Cc1ccccc1F. The average molecular weight is 402 g/mol. The summed E-state index contributed by atoms with van der Waals surface area (Å²) >= 11 is 0. The molecule has 1 aliphatic rings. The Balaban J connectivity index is 1.51. The maximum atomic E-state index is 14.1. The van der Waals surface area contributed by atoms with E-state index in [2.05, 4.69) is 5.32 Å². The van der Waals surface area contributed by atoms with E-state index in [0.29, 0.717) is 35.3 Å². The highest BCUT2D eigenvalue weighted by atomic mass is 19.1. The first-order valence-corrected chi connectivity index (χ1v) is 10.1. The second-order valence-electron chi connectivity index (χ2n) is 7.45. The van der Waals surface area contributed by atoms with Crippen LogP contribution in [0, 0.1) is 5.82 Å². The van der Waals surface area contributed by atoms with Gasteiger partial charge in [-0.3, -0.25) is 14.5 Å². The Labute approximate surface area is 175 Å². The molecule has 0 saturated carbocycles. The number of rotatable bonds is 6. The van der Waals surface area contributed by atoms with E-state index in [4.69, 9.17) is 0 Å². The van der Waals surface area contributed by atoms with Gasteiger partial charge in [0.15, 0.2) is 5.78 Å². The zero-order valence-electron chi connectivity index (χ0n) is 16.6. The number of anilines is 1. The summed E-state index contributed by atoms with van der Waals surface area (Å²) in [6.07, 6.45) is 1.58. The van der Waals surface area contributed by atoms with Crippen molar-refractivity contribution in [3.63, 3.8) is 0 Å². The fraction of sp³-hybridized carbons (Fsp3) is 0.200. The van der Waals surface area contributed by atoms with Crippen LogP contribution >= 0.6 is 0 Å². The molecule has 152 valence electrons. The molecular weight excluding hydrogens is 379 g/mol. The highest BCUT2D eigenvalue weighted by molar-refractivity contribution is 6.14. The summed E-state index contributed by atoms with van der Waals surface area (Å²) in [7, 11) is 0. The lowest BCUT2D eigenvalue weighted by Gasteiger charge is -2.24. The van der Waals surface area contributed by atoms with E-state index in [1.807, 2.05) is 23.1 Å². The molecule has 1 heterocycles. The summed E-state index contributed by atoms with van der Waals surface area (Å²) in [5, 5.41) is 2.94. The zero-order valence-corrected chi connectivity index (χ0v) is 16.6. The molecule has 0 unspecified atom stereocenters. The van der Waals surface area contributed by atoms with Gasteiger partial charge in [-0.2, -0.15) is 0 Å². The highest BCUT2D eigenvalue weighted by Crippen LogP contribution is 2.24. The number of hydrogen-bond donors (Lipinski definition) is 1. The Morgan fingerprint density at radius 2 is 1.63 bits per heavy atom. The van der Waals surface area contributed by atoms with E-state index in [0.717, 1.165) is 13.0 Å². The molecule has 4 rings (SSSR count). The summed E-state index contributed by atoms with van der Waals surface area (Å²) in [6, 6.07) is 22.3. The summed E-state index contributed by atoms with van der Waals surface area (Å²) in [5.74, 6) is -0.569. The number of benzene rings is 3. The topological polar surface area (TPSA) is 49.4 Å². The van der Waals surface area contributed by atoms with Crippen molar-refractivity contribution in [3.8, 4) is 0 Å². The third-order valence-electron chi connectivity index (χ3n) is 5.46. The van der Waals surface area contributed by atoms with Gasteiger partial charge >= 0.3 is 0 Å². The number of amides is 1. The van der Waals surface area contributed by atoms with Crippen LogP contribution in [0.3, 0.4) is 0 Å². The lowest BCUT2D eigenvalue weighted by Crippen LogP contribution is -2.39. The van der Waals surface area contributed by atoms with Gasteiger partial charge in [0.05, 0.1) is 11.7 Å². The van der Waals surface area contributed by atoms with Gasteiger partial charge in [0, 0.05) is 23.2 Å². The summed E-state index contributed by atoms with van der Waals surface area (Å²) in [4.78, 5) is 28.0. The van der Waals surface area contributed by atoms with E-state index < -0.39 is 0 Å². The normalized spacial score (nSPS) is 16.4. The summed E-state index contributed by atoms with van der Waals surface area (Å²) in [5.41, 5.74) is 2.10. The molecule has 0 spiro atoms. The molecule has 5 heteroatoms. The Morgan fingerprint density at radius 1 is 0.933 bits per heavy atom. The quantitative estimate of drug-likeness (QED) is 0.610. The molecule has 3 aromatic rings. The monoisotopic (exact) mass is 402 g/mol. The molecule has 1 aliphatic heterocycles. The number of likely N-dealkylation sites (tertiary alicyclic amines) is 1. The van der Waals surface area contributed by atoms with Crippen molar-refractivity contribution in [2.75, 3.05) is 11.9 Å². The Hall–Kier alpha value is -3.31. The smallest absolute Gasteiger partial charge is 0.241 e. The van der Waals surface area contributed by atoms with E-state index in [1.165, 1.54) is 6.07 Å². The fourth-order valence-corrected chi connectivity index (χ4v) is 3.91. The van der Waals surface area contributed by atoms with Crippen LogP contribution in [0.1, 0.15) is 34.3 Å². The Bertz CT molecular complexity index is 1050. The first-order chi connectivity index (χ1) is 14.6. The Kier molecular flexibility index (Phi) is 6.00. The minimum Gasteiger partial charge on any atom is -0.324 e. The van der Waals surface area contributed by atoms with E-state index >= 15 is 0 Å². The first kappa shape index (κ1) is 20.0. The number of halogens is 1. The molecular formula is C25H23FN2O2. The molecule has 3 aromatic carbocycles. The molecule has 1 amide bonds. The molecule has 0 aliphatic carbocycles. The minimum atomic E-state index is -0.357. The zero-order chi connectivity index (χ0) is 20.9. The van der Waals surface area contributed by atoms with Crippen molar-refractivity contribution >= 4 is 17.4 Å². The Morgan fingerprint density at radius 3 is 2.43 bits per heavy atom. The summed E-state index contributed by atoms with van der Waals surface area (Å²) < 4.78 is 14.1. The van der Waals surface area contributed by atoms with Crippen LogP contribution in [0.5, 0.6) is 0 Å². The molecule has 1 atom stereocenters. The van der Waals surface area contributed by atoms with Gasteiger partial charge in [-0.25, -0.2) is 4.39 Å². The summed E-state index contributed by atoms with van der Waals surface area (Å²) in [6.45, 7) is 1.12. The maximum Gasteiger partial charge on any atom is 0.241 e. The van der Waals surface area contributed by atoms with Gasteiger partial charge in [0.1, 0.15) is 5.82 Å². The van der Waals surface area contributed by atoms with Gasteiger partial charge in [-0.05, 0) is 37.6 Å². The third-order valence-corrected chi connectivity index (χ3v) is 5.46. The van der Waals surface area contributed by atoms with Crippen molar-refractivity contribution in [3.05, 3.63) is 101 Å². The van der Waals surface area contributed by atoms with Crippen molar-refractivity contribution in [1.29, 1.82) is 0 Å². The molecule has 0 aromatic heterocycles. The number of nitrogens with zero attached hydrogens (tertiary/aromatic N) is 1. The third kappa shape index (κ3) is 4.31. The predicted octanol–water partition coefficient (Wildman–Crippen LogP) is 4.66. The standard InChI is InChI=1S/C25H23FN2O2/c26-21-13-6-4-11-19(21)17-28-16-8-15-23(28)25(30)27-22-14-7-5-12-20(22)24(29)18-9-2-1-3-10-18/h1-7,9-14,23H,8,15-17H2,(H,27,30)/t23-/m1/s1. The van der Waals surface area contributed by atoms with Crippen LogP contribution in [0.25, 0.3) is 0 Å². The van der Waals surface area contributed by atoms with Gasteiger partial charge in [0.2, 0.25) is 5.91 Å². The molecule has 0 radical (unpaired) electrons. The van der Waals surface area contributed by atoms with Crippen LogP contribution in [-0.4, -0.2) is 29.2 Å². The second-order valence-corrected chi connectivity index (χ2v) is 7.45. The number of ketones is 1. The highest BCUT2D eigenvalue weighted by Gasteiger charge is 2.31. The molecule has 1 fully saturated rings. The van der Waals surface area contributed by atoms with E-state index in [9.17, 15) is 14.0 Å². The first-order valence-electron chi connectivity index (χ1n) is 10.1. The maximum absolute atomic E-state index is 14.1. The van der Waals surface area contributed by atoms with E-state index in [-0.39, 0.29) is 23.5 Å². The molecule has 1 saturated heterocycles. The van der Waals surface area contributed by atoms with Crippen LogP contribution in [0.2, 0.25) is 0 Å². The second kappa shape index (κ2) is 9.01. The molecule has 4 nitrogen and oxygen atoms in total. The number of carbonyl (C=O) groups excluding carboxylic acids is 2. The molecule has 0 bridgehead atoms. The van der Waals surface area contributed by atoms with Crippen molar-refractivity contribution < 1.29 is 14.0 Å². The van der Waals surface area contributed by atoms with E-state index in [1.54, 1.807) is 54.6 Å². The van der Waals surface area contributed by atoms with Crippen molar-refractivity contribution in [1.82, 2.24) is 4.90 Å². The number of nitrogens with one attached hydrogen (secondary N) is 1. The van der Waals surface area contributed by atoms with Crippen LogP contribution in [0.15, 0.2) is 78.9 Å². The van der Waals surface area contributed by atoms with Crippen molar-refractivity contribution in [2.24, 2.45) is 0 Å². The van der Waals surface area contributed by atoms with Crippen LogP contribution in [-0.2, 0) is 11.3 Å². The predicted molar refractivity (Wildman–Crippen MR) is 115 cm³/mol. The van der Waals surface area contributed by atoms with Gasteiger partial charge in [-0.15, -0.1) is 0 Å². The molecule has 30 heavy (non-hydrogen) atoms.